The standard InChI is InChI=1S/C15H20N4O2/c20-14-12-16-6-4-10-18(14)8-2-1-3-9-19-11-5-7-17-13-15(19)21/h4-7,10-11H,1-3,8-9,12-13H2. The Morgan fingerprint density at radius 2 is 1.29 bits per heavy atom. The molecule has 0 bridgehead atoms. The van der Waals surface area contributed by atoms with Crippen molar-refractivity contribution in [2.45, 2.75) is 19.3 Å². The van der Waals surface area contributed by atoms with Crippen molar-refractivity contribution in [2.24, 2.45) is 9.98 Å². The van der Waals surface area contributed by atoms with Crippen LogP contribution in [0.2, 0.25) is 0 Å². The Kier molecular flexibility index (Phi) is 5.87. The fourth-order valence-electron chi connectivity index (χ4n) is 2.16. The molecule has 0 aromatic rings. The van der Waals surface area contributed by atoms with E-state index in [0.29, 0.717) is 13.1 Å². The number of aliphatic imine (C=N–C) groups is 2. The maximum absolute atomic E-state index is 11.7. The van der Waals surface area contributed by atoms with E-state index in [1.165, 1.54) is 0 Å². The van der Waals surface area contributed by atoms with Gasteiger partial charge < -0.3 is 9.80 Å². The van der Waals surface area contributed by atoms with Gasteiger partial charge in [-0.3, -0.25) is 19.6 Å². The van der Waals surface area contributed by atoms with Gasteiger partial charge in [0.25, 0.3) is 0 Å². The molecule has 0 aliphatic carbocycles. The average Bonchev–Trinajstić information content (AvgIpc) is 2.80. The molecule has 0 N–H and O–H groups in total. The third-order valence-electron chi connectivity index (χ3n) is 3.31. The van der Waals surface area contributed by atoms with Crippen molar-refractivity contribution in [3.05, 3.63) is 24.6 Å². The van der Waals surface area contributed by atoms with Gasteiger partial charge in [-0.15, -0.1) is 0 Å². The van der Waals surface area contributed by atoms with Gasteiger partial charge in [0.05, 0.1) is 0 Å². The highest BCUT2D eigenvalue weighted by molar-refractivity contribution is 5.85. The minimum Gasteiger partial charge on any atom is -0.317 e. The summed E-state index contributed by atoms with van der Waals surface area (Å²) in [7, 11) is 0. The summed E-state index contributed by atoms with van der Waals surface area (Å²) in [6, 6.07) is 0. The van der Waals surface area contributed by atoms with Crippen LogP contribution < -0.4 is 0 Å². The molecule has 2 aliphatic heterocycles. The number of hydrogen-bond acceptors (Lipinski definition) is 4. The van der Waals surface area contributed by atoms with Gasteiger partial charge in [-0.2, -0.15) is 0 Å². The molecular formula is C15H20N4O2. The summed E-state index contributed by atoms with van der Waals surface area (Å²) in [4.78, 5) is 34.7. The molecule has 0 saturated heterocycles. The Morgan fingerprint density at radius 3 is 1.76 bits per heavy atom. The van der Waals surface area contributed by atoms with E-state index in [-0.39, 0.29) is 24.9 Å². The number of carbonyl (C=O) groups is 2. The van der Waals surface area contributed by atoms with Crippen molar-refractivity contribution in [3.8, 4) is 0 Å². The molecule has 112 valence electrons. The maximum Gasteiger partial charge on any atom is 0.248 e. The van der Waals surface area contributed by atoms with Crippen LogP contribution in [-0.2, 0) is 9.59 Å². The van der Waals surface area contributed by atoms with Crippen LogP contribution >= 0.6 is 0 Å². The summed E-state index contributed by atoms with van der Waals surface area (Å²) >= 11 is 0. The normalized spacial score (nSPS) is 18.3. The minimum atomic E-state index is 0.0303. The Hall–Kier alpha value is -2.24. The van der Waals surface area contributed by atoms with Gasteiger partial charge in [-0.25, -0.2) is 0 Å². The lowest BCUT2D eigenvalue weighted by Crippen LogP contribution is -2.29. The maximum atomic E-state index is 11.7. The molecule has 6 nitrogen and oxygen atoms in total. The topological polar surface area (TPSA) is 65.3 Å². The highest BCUT2D eigenvalue weighted by Gasteiger charge is 2.12. The number of allylic oxidation sites excluding steroid dienone is 2. The van der Waals surface area contributed by atoms with E-state index in [1.807, 2.05) is 0 Å². The molecule has 0 radical (unpaired) electrons. The molecule has 0 spiro atoms. The van der Waals surface area contributed by atoms with Crippen molar-refractivity contribution in [1.82, 2.24) is 9.80 Å². The molecule has 0 aromatic heterocycles. The summed E-state index contributed by atoms with van der Waals surface area (Å²) in [5.41, 5.74) is 0. The summed E-state index contributed by atoms with van der Waals surface area (Å²) in [6.07, 6.45) is 13.2. The van der Waals surface area contributed by atoms with Gasteiger partial charge in [-0.1, -0.05) is 0 Å². The second-order valence-electron chi connectivity index (χ2n) is 4.90. The molecule has 2 amide bonds. The van der Waals surface area contributed by atoms with Crippen LogP contribution in [0.4, 0.5) is 0 Å². The lowest BCUT2D eigenvalue weighted by Gasteiger charge is -2.18. The highest BCUT2D eigenvalue weighted by Crippen LogP contribution is 2.05. The van der Waals surface area contributed by atoms with Crippen LogP contribution in [0.5, 0.6) is 0 Å². The number of rotatable bonds is 6. The van der Waals surface area contributed by atoms with E-state index < -0.39 is 0 Å². The van der Waals surface area contributed by atoms with Gasteiger partial charge in [0, 0.05) is 37.9 Å². The molecule has 2 rings (SSSR count). The highest BCUT2D eigenvalue weighted by atomic mass is 16.2. The van der Waals surface area contributed by atoms with Gasteiger partial charge in [0.2, 0.25) is 11.8 Å². The first kappa shape index (κ1) is 15.2. The summed E-state index contributed by atoms with van der Waals surface area (Å²) in [5, 5.41) is 0. The van der Waals surface area contributed by atoms with Gasteiger partial charge in [0.1, 0.15) is 13.1 Å². The largest absolute Gasteiger partial charge is 0.317 e. The monoisotopic (exact) mass is 288 g/mol. The quantitative estimate of drug-likeness (QED) is 0.685. The summed E-state index contributed by atoms with van der Waals surface area (Å²) < 4.78 is 0. The van der Waals surface area contributed by atoms with Gasteiger partial charge in [0.15, 0.2) is 0 Å². The fraction of sp³-hybridized carbons (Fsp3) is 0.467. The molecule has 2 heterocycles. The first-order valence-electron chi connectivity index (χ1n) is 7.19. The number of carbonyl (C=O) groups excluding carboxylic acids is 2. The van der Waals surface area contributed by atoms with Crippen molar-refractivity contribution >= 4 is 24.2 Å². The predicted molar refractivity (Wildman–Crippen MR) is 82.3 cm³/mol. The van der Waals surface area contributed by atoms with E-state index in [1.54, 1.807) is 46.8 Å². The Bertz CT molecular complexity index is 450. The van der Waals surface area contributed by atoms with Crippen LogP contribution in [0.25, 0.3) is 0 Å². The number of unbranched alkanes of at least 4 members (excludes halogenated alkanes) is 2. The smallest absolute Gasteiger partial charge is 0.248 e. The zero-order valence-corrected chi connectivity index (χ0v) is 12.0. The first-order valence-corrected chi connectivity index (χ1v) is 7.19. The lowest BCUT2D eigenvalue weighted by molar-refractivity contribution is -0.127. The summed E-state index contributed by atoms with van der Waals surface area (Å²) in [5.74, 6) is 0.0607. The zero-order valence-electron chi connectivity index (χ0n) is 12.0. The minimum absolute atomic E-state index is 0.0303. The zero-order chi connectivity index (χ0) is 14.9. The Balaban J connectivity index is 1.64. The van der Waals surface area contributed by atoms with Crippen molar-refractivity contribution in [2.75, 3.05) is 26.2 Å². The van der Waals surface area contributed by atoms with Crippen LogP contribution in [0.1, 0.15) is 19.3 Å². The lowest BCUT2D eigenvalue weighted by atomic mass is 10.2. The molecule has 0 unspecified atom stereocenters. The second kappa shape index (κ2) is 8.14. The third-order valence-corrected chi connectivity index (χ3v) is 3.31. The molecule has 0 saturated carbocycles. The average molecular weight is 288 g/mol. The first-order chi connectivity index (χ1) is 10.3. The van der Waals surface area contributed by atoms with E-state index in [0.717, 1.165) is 19.3 Å². The fourth-order valence-corrected chi connectivity index (χ4v) is 2.16. The number of nitrogens with zero attached hydrogens (tertiary/aromatic N) is 4. The van der Waals surface area contributed by atoms with E-state index >= 15 is 0 Å². The van der Waals surface area contributed by atoms with E-state index in [9.17, 15) is 9.59 Å². The van der Waals surface area contributed by atoms with E-state index in [2.05, 4.69) is 9.98 Å². The molecule has 2 aliphatic rings. The number of hydrogen-bond donors (Lipinski definition) is 0. The molecule has 0 aromatic carbocycles. The van der Waals surface area contributed by atoms with Crippen LogP contribution in [0.15, 0.2) is 34.5 Å². The molecule has 0 atom stereocenters. The van der Waals surface area contributed by atoms with Crippen LogP contribution in [-0.4, -0.2) is 60.2 Å². The summed E-state index contributed by atoms with van der Waals surface area (Å²) in [6.45, 7) is 1.84. The van der Waals surface area contributed by atoms with Gasteiger partial charge in [-0.05, 0) is 31.4 Å². The molecule has 0 fully saturated rings. The second-order valence-corrected chi connectivity index (χ2v) is 4.90. The van der Waals surface area contributed by atoms with Crippen LogP contribution in [0.3, 0.4) is 0 Å². The number of amides is 2. The molecule has 21 heavy (non-hydrogen) atoms. The van der Waals surface area contributed by atoms with E-state index in [4.69, 9.17) is 0 Å². The molecule has 6 heteroatoms. The Morgan fingerprint density at radius 1 is 0.810 bits per heavy atom. The van der Waals surface area contributed by atoms with Crippen molar-refractivity contribution < 1.29 is 9.59 Å². The molecular weight excluding hydrogens is 268 g/mol. The van der Waals surface area contributed by atoms with Crippen LogP contribution in [0, 0.1) is 0 Å². The van der Waals surface area contributed by atoms with Crippen molar-refractivity contribution in [3.63, 3.8) is 0 Å². The van der Waals surface area contributed by atoms with Gasteiger partial charge >= 0.3 is 0 Å². The van der Waals surface area contributed by atoms with Crippen molar-refractivity contribution in [1.29, 1.82) is 0 Å². The third kappa shape index (κ3) is 4.98. The SMILES string of the molecule is O=C1CN=CC=CN1CCCCCN1C=CC=NCC1=O. The Labute approximate surface area is 124 Å². The predicted octanol–water partition coefficient (Wildman–Crippen LogP) is 1.01.